The first-order chi connectivity index (χ1) is 6.84. The summed E-state index contributed by atoms with van der Waals surface area (Å²) in [4.78, 5) is 4.40. The van der Waals surface area contributed by atoms with E-state index in [1.165, 1.54) is 27.9 Å². The molecule has 0 saturated carbocycles. The Hall–Kier alpha value is -1.63. The van der Waals surface area contributed by atoms with Crippen molar-refractivity contribution in [1.29, 1.82) is 0 Å². The third-order valence-corrected chi connectivity index (χ3v) is 2.80. The minimum Gasteiger partial charge on any atom is -0.260 e. The molecule has 0 aliphatic heterocycles. The van der Waals surface area contributed by atoms with Crippen LogP contribution in [0, 0.1) is 6.92 Å². The Morgan fingerprint density at radius 3 is 3.00 bits per heavy atom. The van der Waals surface area contributed by atoms with Gasteiger partial charge in [-0.1, -0.05) is 29.8 Å². The van der Waals surface area contributed by atoms with Gasteiger partial charge in [0.15, 0.2) is 0 Å². The van der Waals surface area contributed by atoms with Crippen LogP contribution in [0.2, 0.25) is 0 Å². The number of hydrogen-bond acceptors (Lipinski definition) is 1. The molecule has 0 saturated heterocycles. The molecule has 0 spiro atoms. The Bertz CT molecular complexity index is 500. The van der Waals surface area contributed by atoms with Gasteiger partial charge in [-0.2, -0.15) is 0 Å². The van der Waals surface area contributed by atoms with E-state index in [0.717, 1.165) is 6.42 Å². The lowest BCUT2D eigenvalue weighted by Crippen LogP contribution is -1.84. The molecular weight excluding hydrogens is 170 g/mol. The van der Waals surface area contributed by atoms with Crippen molar-refractivity contribution in [3.8, 4) is 11.1 Å². The zero-order valence-corrected chi connectivity index (χ0v) is 8.12. The number of hydrogen-bond donors (Lipinski definition) is 0. The van der Waals surface area contributed by atoms with E-state index in [-0.39, 0.29) is 0 Å². The monoisotopic (exact) mass is 181 g/mol. The first kappa shape index (κ1) is 7.74. The summed E-state index contributed by atoms with van der Waals surface area (Å²) in [6.07, 6.45) is 2.87. The summed E-state index contributed by atoms with van der Waals surface area (Å²) in [6, 6.07) is 10.8. The summed E-state index contributed by atoms with van der Waals surface area (Å²) in [5.41, 5.74) is 6.63. The van der Waals surface area contributed by atoms with E-state index in [4.69, 9.17) is 0 Å². The molecule has 1 aromatic heterocycles. The van der Waals surface area contributed by atoms with E-state index in [1.54, 1.807) is 0 Å². The molecule has 0 atom stereocenters. The van der Waals surface area contributed by atoms with Gasteiger partial charge in [0.2, 0.25) is 0 Å². The van der Waals surface area contributed by atoms with Gasteiger partial charge in [-0.25, -0.2) is 0 Å². The largest absolute Gasteiger partial charge is 0.260 e. The average Bonchev–Trinajstić information content (AvgIpc) is 2.54. The highest BCUT2D eigenvalue weighted by Gasteiger charge is 2.18. The third-order valence-electron chi connectivity index (χ3n) is 2.80. The van der Waals surface area contributed by atoms with Gasteiger partial charge in [0, 0.05) is 18.2 Å². The van der Waals surface area contributed by atoms with Crippen LogP contribution in [0.1, 0.15) is 16.8 Å². The van der Waals surface area contributed by atoms with Crippen molar-refractivity contribution in [3.05, 3.63) is 53.3 Å². The lowest BCUT2D eigenvalue weighted by molar-refractivity contribution is 1.12. The molecule has 0 amide bonds. The molecule has 0 unspecified atom stereocenters. The summed E-state index contributed by atoms with van der Waals surface area (Å²) in [7, 11) is 0. The quantitative estimate of drug-likeness (QED) is 0.519. The molecule has 1 aliphatic carbocycles. The highest BCUT2D eigenvalue weighted by Crippen LogP contribution is 2.35. The number of rotatable bonds is 0. The van der Waals surface area contributed by atoms with Crippen LogP contribution in [0.25, 0.3) is 11.1 Å². The van der Waals surface area contributed by atoms with Crippen LogP contribution in [0.5, 0.6) is 0 Å². The molecule has 1 aromatic carbocycles. The minimum atomic E-state index is 0.993. The highest BCUT2D eigenvalue weighted by atomic mass is 14.7. The van der Waals surface area contributed by atoms with E-state index in [2.05, 4.69) is 36.2 Å². The summed E-state index contributed by atoms with van der Waals surface area (Å²) in [5.74, 6) is 0. The number of aromatic nitrogens is 1. The van der Waals surface area contributed by atoms with Crippen molar-refractivity contribution in [2.45, 2.75) is 13.3 Å². The summed E-state index contributed by atoms with van der Waals surface area (Å²) in [6.45, 7) is 2.14. The number of aryl methyl sites for hydroxylation is 1. The predicted octanol–water partition coefficient (Wildman–Crippen LogP) is 2.96. The molecule has 3 rings (SSSR count). The maximum absolute atomic E-state index is 4.40. The van der Waals surface area contributed by atoms with Gasteiger partial charge in [0.1, 0.15) is 0 Å². The third kappa shape index (κ3) is 0.987. The highest BCUT2D eigenvalue weighted by molar-refractivity contribution is 5.75. The molecule has 0 radical (unpaired) electrons. The average molecular weight is 181 g/mol. The Kier molecular flexibility index (Phi) is 1.48. The zero-order chi connectivity index (χ0) is 9.54. The van der Waals surface area contributed by atoms with Crippen molar-refractivity contribution >= 4 is 0 Å². The lowest BCUT2D eigenvalue weighted by atomic mass is 10.0. The molecule has 0 fully saturated rings. The Morgan fingerprint density at radius 2 is 2.07 bits per heavy atom. The van der Waals surface area contributed by atoms with Crippen molar-refractivity contribution in [2.24, 2.45) is 0 Å². The predicted molar refractivity (Wildman–Crippen MR) is 57.2 cm³/mol. The van der Waals surface area contributed by atoms with E-state index >= 15 is 0 Å². The normalized spacial score (nSPS) is 12.4. The Labute approximate surface area is 83.4 Å². The number of nitrogens with zero attached hydrogens (tertiary/aromatic N) is 1. The topological polar surface area (TPSA) is 12.9 Å². The van der Waals surface area contributed by atoms with Gasteiger partial charge < -0.3 is 0 Å². The van der Waals surface area contributed by atoms with Gasteiger partial charge in [0.05, 0.1) is 5.69 Å². The Morgan fingerprint density at radius 1 is 1.14 bits per heavy atom. The van der Waals surface area contributed by atoms with Crippen LogP contribution < -0.4 is 0 Å². The Balaban J connectivity index is 2.27. The van der Waals surface area contributed by atoms with Crippen LogP contribution in [0.3, 0.4) is 0 Å². The molecule has 2 aromatic rings. The van der Waals surface area contributed by atoms with Crippen LogP contribution >= 0.6 is 0 Å². The molecule has 1 heteroatoms. The molecule has 1 aliphatic rings. The summed E-state index contributed by atoms with van der Waals surface area (Å²) < 4.78 is 0. The van der Waals surface area contributed by atoms with Gasteiger partial charge in [-0.15, -0.1) is 0 Å². The number of benzene rings is 1. The first-order valence-electron chi connectivity index (χ1n) is 4.88. The van der Waals surface area contributed by atoms with E-state index in [1.807, 2.05) is 12.3 Å². The molecule has 1 heterocycles. The lowest BCUT2D eigenvalue weighted by Gasteiger charge is -2.00. The second-order valence-electron chi connectivity index (χ2n) is 3.84. The number of pyridine rings is 1. The second kappa shape index (κ2) is 2.68. The van der Waals surface area contributed by atoms with Crippen molar-refractivity contribution in [2.75, 3.05) is 0 Å². The first-order valence-corrected chi connectivity index (χ1v) is 4.88. The standard InChI is InChI=1S/C13H11N/c1-9-4-5-11-10(7-9)8-13-12(11)3-2-6-14-13/h2-7H,8H2,1H3. The minimum absolute atomic E-state index is 0.993. The van der Waals surface area contributed by atoms with Crippen LogP contribution in [0.4, 0.5) is 0 Å². The fourth-order valence-electron chi connectivity index (χ4n) is 2.14. The fraction of sp³-hybridized carbons (Fsp3) is 0.154. The van der Waals surface area contributed by atoms with Gasteiger partial charge >= 0.3 is 0 Å². The molecule has 0 N–H and O–H groups in total. The molecule has 0 bridgehead atoms. The van der Waals surface area contributed by atoms with Crippen molar-refractivity contribution in [3.63, 3.8) is 0 Å². The van der Waals surface area contributed by atoms with E-state index < -0.39 is 0 Å². The van der Waals surface area contributed by atoms with Crippen LogP contribution in [0.15, 0.2) is 36.5 Å². The van der Waals surface area contributed by atoms with Crippen LogP contribution in [-0.4, -0.2) is 4.98 Å². The zero-order valence-electron chi connectivity index (χ0n) is 8.12. The summed E-state index contributed by atoms with van der Waals surface area (Å²) >= 11 is 0. The SMILES string of the molecule is Cc1ccc2c(c1)Cc1ncccc1-2. The van der Waals surface area contributed by atoms with E-state index in [0.29, 0.717) is 0 Å². The molecule has 68 valence electrons. The van der Waals surface area contributed by atoms with Crippen LogP contribution in [-0.2, 0) is 6.42 Å². The smallest absolute Gasteiger partial charge is 0.0525 e. The van der Waals surface area contributed by atoms with E-state index in [9.17, 15) is 0 Å². The van der Waals surface area contributed by atoms with Crippen molar-refractivity contribution < 1.29 is 0 Å². The van der Waals surface area contributed by atoms with Crippen molar-refractivity contribution in [1.82, 2.24) is 4.98 Å². The molecule has 1 nitrogen and oxygen atoms in total. The molecule has 14 heavy (non-hydrogen) atoms. The second-order valence-corrected chi connectivity index (χ2v) is 3.84. The maximum atomic E-state index is 4.40. The fourth-order valence-corrected chi connectivity index (χ4v) is 2.14. The summed E-state index contributed by atoms with van der Waals surface area (Å²) in [5, 5.41) is 0. The van der Waals surface area contributed by atoms with Gasteiger partial charge in [-0.05, 0) is 24.1 Å². The maximum Gasteiger partial charge on any atom is 0.0525 e. The number of fused-ring (bicyclic) bond motifs is 3. The van der Waals surface area contributed by atoms with Gasteiger partial charge in [-0.3, -0.25) is 4.98 Å². The van der Waals surface area contributed by atoms with Gasteiger partial charge in [0.25, 0.3) is 0 Å². The molecular formula is C13H11N.